The Morgan fingerprint density at radius 3 is 2.07 bits per heavy atom. The summed E-state index contributed by atoms with van der Waals surface area (Å²) in [5.41, 5.74) is 1.25. The van der Waals surface area contributed by atoms with Crippen LogP contribution in [-0.4, -0.2) is 25.7 Å². The van der Waals surface area contributed by atoms with Crippen LogP contribution >= 0.6 is 0 Å². The van der Waals surface area contributed by atoms with Gasteiger partial charge in [-0.15, -0.1) is 0 Å². The number of hydrogen-bond donors (Lipinski definition) is 1. The highest BCUT2D eigenvalue weighted by Crippen LogP contribution is 2.19. The minimum absolute atomic E-state index is 0.185. The molecule has 0 aliphatic rings. The number of ether oxygens (including phenoxy) is 3. The van der Waals surface area contributed by atoms with E-state index in [0.717, 1.165) is 5.75 Å². The second kappa shape index (κ2) is 10.9. The van der Waals surface area contributed by atoms with Gasteiger partial charge in [0.05, 0.1) is 6.61 Å². The van der Waals surface area contributed by atoms with Gasteiger partial charge in [-0.3, -0.25) is 4.79 Å². The summed E-state index contributed by atoms with van der Waals surface area (Å²) < 4.78 is 17.0. The molecule has 0 unspecified atom stereocenters. The number of carbonyl (C=O) groups excluding carboxylic acids is 1. The number of amides is 1. The lowest BCUT2D eigenvalue weighted by atomic mass is 10.2. The third-order valence-corrected chi connectivity index (χ3v) is 4.16. The van der Waals surface area contributed by atoms with Gasteiger partial charge in [-0.2, -0.15) is 0 Å². The molecule has 1 N–H and O–H groups in total. The Bertz CT molecular complexity index is 923. The van der Waals surface area contributed by atoms with E-state index in [1.54, 1.807) is 12.1 Å². The maximum absolute atomic E-state index is 12.5. The highest BCUT2D eigenvalue weighted by Gasteiger charge is 2.08. The molecule has 0 bridgehead atoms. The molecular weight excluding hydrogens is 378 g/mol. The number of para-hydroxylation sites is 1. The van der Waals surface area contributed by atoms with Crippen molar-refractivity contribution < 1.29 is 19.0 Å². The van der Waals surface area contributed by atoms with Crippen LogP contribution in [0.25, 0.3) is 0 Å². The van der Waals surface area contributed by atoms with Crippen LogP contribution in [0, 0.1) is 5.92 Å². The van der Waals surface area contributed by atoms with E-state index in [2.05, 4.69) is 19.2 Å². The Hall–Kier alpha value is -3.47. The van der Waals surface area contributed by atoms with Gasteiger partial charge in [-0.05, 0) is 60.5 Å². The fourth-order valence-electron chi connectivity index (χ4n) is 2.66. The number of carbonyl (C=O) groups is 1. The zero-order valence-corrected chi connectivity index (χ0v) is 17.3. The molecule has 5 heteroatoms. The lowest BCUT2D eigenvalue weighted by molar-refractivity contribution is 0.102. The smallest absolute Gasteiger partial charge is 0.255 e. The van der Waals surface area contributed by atoms with Crippen molar-refractivity contribution in [1.29, 1.82) is 0 Å². The quantitative estimate of drug-likeness (QED) is 0.457. The second-order valence-corrected chi connectivity index (χ2v) is 7.22. The second-order valence-electron chi connectivity index (χ2n) is 7.22. The Labute approximate surface area is 177 Å². The standard InChI is InChI=1S/C25H27NO4/c1-19(2)18-30-24-10-6-7-20(17-24)25(27)26-21-11-13-23(14-12-21)29-16-15-28-22-8-4-3-5-9-22/h3-14,17,19H,15-16,18H2,1-2H3,(H,26,27). The molecule has 0 atom stereocenters. The van der Waals surface area contributed by atoms with Gasteiger partial charge in [0.25, 0.3) is 5.91 Å². The molecule has 0 heterocycles. The monoisotopic (exact) mass is 405 g/mol. The molecule has 0 spiro atoms. The number of hydrogen-bond acceptors (Lipinski definition) is 4. The molecule has 3 rings (SSSR count). The van der Waals surface area contributed by atoms with Gasteiger partial charge < -0.3 is 19.5 Å². The van der Waals surface area contributed by atoms with Crippen LogP contribution < -0.4 is 19.5 Å². The van der Waals surface area contributed by atoms with E-state index in [0.29, 0.717) is 48.5 Å². The van der Waals surface area contributed by atoms with E-state index in [4.69, 9.17) is 14.2 Å². The van der Waals surface area contributed by atoms with Crippen LogP contribution in [0.2, 0.25) is 0 Å². The molecule has 3 aromatic carbocycles. The van der Waals surface area contributed by atoms with Gasteiger partial charge in [0.1, 0.15) is 30.5 Å². The van der Waals surface area contributed by atoms with E-state index in [-0.39, 0.29) is 5.91 Å². The van der Waals surface area contributed by atoms with Crippen LogP contribution in [0.5, 0.6) is 17.2 Å². The predicted octanol–water partition coefficient (Wildman–Crippen LogP) is 5.43. The third-order valence-electron chi connectivity index (χ3n) is 4.16. The summed E-state index contributed by atoms with van der Waals surface area (Å²) >= 11 is 0. The fraction of sp³-hybridized carbons (Fsp3) is 0.240. The van der Waals surface area contributed by atoms with Gasteiger partial charge in [-0.1, -0.05) is 38.1 Å². The summed E-state index contributed by atoms with van der Waals surface area (Å²) in [5.74, 6) is 2.47. The minimum Gasteiger partial charge on any atom is -0.493 e. The van der Waals surface area contributed by atoms with Gasteiger partial charge in [0.2, 0.25) is 0 Å². The first kappa shape index (κ1) is 21.2. The number of benzene rings is 3. The van der Waals surface area contributed by atoms with Gasteiger partial charge in [0.15, 0.2) is 0 Å². The summed E-state index contributed by atoms with van der Waals surface area (Å²) in [6.45, 7) is 5.67. The molecule has 5 nitrogen and oxygen atoms in total. The van der Waals surface area contributed by atoms with Crippen molar-refractivity contribution in [3.63, 3.8) is 0 Å². The average Bonchev–Trinajstić information content (AvgIpc) is 2.77. The van der Waals surface area contributed by atoms with Crippen molar-refractivity contribution in [1.82, 2.24) is 0 Å². The highest BCUT2D eigenvalue weighted by atomic mass is 16.5. The molecule has 1 amide bonds. The first-order valence-electron chi connectivity index (χ1n) is 10.0. The van der Waals surface area contributed by atoms with Crippen LogP contribution in [0.3, 0.4) is 0 Å². The topological polar surface area (TPSA) is 56.8 Å². The number of nitrogens with one attached hydrogen (secondary N) is 1. The highest BCUT2D eigenvalue weighted by molar-refractivity contribution is 6.04. The van der Waals surface area contributed by atoms with Crippen molar-refractivity contribution in [3.05, 3.63) is 84.4 Å². The first-order valence-corrected chi connectivity index (χ1v) is 10.0. The molecule has 0 saturated heterocycles. The molecule has 0 aliphatic carbocycles. The van der Waals surface area contributed by atoms with Crippen LogP contribution in [0.15, 0.2) is 78.9 Å². The van der Waals surface area contributed by atoms with Gasteiger partial charge in [-0.25, -0.2) is 0 Å². The normalized spacial score (nSPS) is 10.5. The number of anilines is 1. The lowest BCUT2D eigenvalue weighted by Gasteiger charge is -2.11. The van der Waals surface area contributed by atoms with E-state index in [1.807, 2.05) is 66.7 Å². The average molecular weight is 405 g/mol. The molecule has 156 valence electrons. The van der Waals surface area contributed by atoms with Crippen molar-refractivity contribution in [2.24, 2.45) is 5.92 Å². The first-order chi connectivity index (χ1) is 14.6. The minimum atomic E-state index is -0.185. The predicted molar refractivity (Wildman–Crippen MR) is 119 cm³/mol. The Morgan fingerprint density at radius 2 is 1.40 bits per heavy atom. The maximum Gasteiger partial charge on any atom is 0.255 e. The Kier molecular flexibility index (Phi) is 7.72. The SMILES string of the molecule is CC(C)COc1cccc(C(=O)Nc2ccc(OCCOc3ccccc3)cc2)c1. The molecular formula is C25H27NO4. The summed E-state index contributed by atoms with van der Waals surface area (Å²) in [6, 6.07) is 24.1. The molecule has 0 fully saturated rings. The summed E-state index contributed by atoms with van der Waals surface area (Å²) in [6.07, 6.45) is 0. The largest absolute Gasteiger partial charge is 0.493 e. The Morgan fingerprint density at radius 1 is 0.767 bits per heavy atom. The van der Waals surface area contributed by atoms with E-state index < -0.39 is 0 Å². The van der Waals surface area contributed by atoms with Gasteiger partial charge in [0, 0.05) is 11.3 Å². The molecule has 0 aromatic heterocycles. The van der Waals surface area contributed by atoms with E-state index in [9.17, 15) is 4.79 Å². The summed E-state index contributed by atoms with van der Waals surface area (Å²) in [7, 11) is 0. The zero-order valence-electron chi connectivity index (χ0n) is 17.3. The zero-order chi connectivity index (χ0) is 21.2. The van der Waals surface area contributed by atoms with Crippen LogP contribution in [0.4, 0.5) is 5.69 Å². The molecule has 30 heavy (non-hydrogen) atoms. The van der Waals surface area contributed by atoms with E-state index in [1.165, 1.54) is 0 Å². The Balaban J connectivity index is 1.46. The maximum atomic E-state index is 12.5. The lowest BCUT2D eigenvalue weighted by Crippen LogP contribution is -2.12. The summed E-state index contributed by atoms with van der Waals surface area (Å²) in [5, 5.41) is 2.89. The van der Waals surface area contributed by atoms with E-state index >= 15 is 0 Å². The van der Waals surface area contributed by atoms with Gasteiger partial charge >= 0.3 is 0 Å². The number of rotatable bonds is 10. The third kappa shape index (κ3) is 6.85. The van der Waals surface area contributed by atoms with Crippen molar-refractivity contribution >= 4 is 11.6 Å². The molecule has 0 saturated carbocycles. The summed E-state index contributed by atoms with van der Waals surface area (Å²) in [4.78, 5) is 12.5. The molecule has 3 aromatic rings. The molecule has 0 radical (unpaired) electrons. The fourth-order valence-corrected chi connectivity index (χ4v) is 2.66. The van der Waals surface area contributed by atoms with Crippen LogP contribution in [-0.2, 0) is 0 Å². The van der Waals surface area contributed by atoms with Crippen molar-refractivity contribution in [3.8, 4) is 17.2 Å². The van der Waals surface area contributed by atoms with Crippen LogP contribution in [0.1, 0.15) is 24.2 Å². The molecule has 0 aliphatic heterocycles. The van der Waals surface area contributed by atoms with Crippen molar-refractivity contribution in [2.45, 2.75) is 13.8 Å². The van der Waals surface area contributed by atoms with Crippen molar-refractivity contribution in [2.75, 3.05) is 25.1 Å².